The summed E-state index contributed by atoms with van der Waals surface area (Å²) in [5.41, 5.74) is 2.72. The Morgan fingerprint density at radius 3 is 2.45 bits per heavy atom. The molecule has 2 atom stereocenters. The van der Waals surface area contributed by atoms with Crippen molar-refractivity contribution < 1.29 is 17.9 Å². The predicted molar refractivity (Wildman–Crippen MR) is 149 cm³/mol. The molecule has 0 radical (unpaired) electrons. The fourth-order valence-electron chi connectivity index (χ4n) is 4.45. The van der Waals surface area contributed by atoms with Gasteiger partial charge in [0.05, 0.1) is 27.7 Å². The molecule has 3 aromatic rings. The van der Waals surface area contributed by atoms with Crippen LogP contribution in [0.5, 0.6) is 0 Å². The van der Waals surface area contributed by atoms with Crippen molar-refractivity contribution in [3.05, 3.63) is 71.3 Å². The molecule has 0 unspecified atom stereocenters. The average molecular weight is 552 g/mol. The van der Waals surface area contributed by atoms with Crippen molar-refractivity contribution in [2.24, 2.45) is 4.99 Å². The summed E-state index contributed by atoms with van der Waals surface area (Å²) in [6, 6.07) is 16.3. The van der Waals surface area contributed by atoms with Crippen LogP contribution in [-0.2, 0) is 19.6 Å². The Morgan fingerprint density at radius 2 is 1.76 bits per heavy atom. The van der Waals surface area contributed by atoms with Crippen LogP contribution in [-0.4, -0.2) is 77.9 Å². The average Bonchev–Trinajstić information content (AvgIpc) is 3.48. The molecule has 3 heterocycles. The molecule has 1 fully saturated rings. The summed E-state index contributed by atoms with van der Waals surface area (Å²) in [5.74, 6) is -0.306. The van der Waals surface area contributed by atoms with Crippen LogP contribution in [0.4, 0.5) is 0 Å². The SMILES string of the molecule is C[C@@H]1CN(C2=NC(=O)/C(=C/c3cn(-c4ccccc4)nc3-c3cccc(S(=O)(=O)N(C)C)c3)S2)C[C@H](C)O1. The molecule has 0 spiro atoms. The minimum absolute atomic E-state index is 0.0478. The molecule has 5 rings (SSSR count). The van der Waals surface area contributed by atoms with Crippen LogP contribution in [0.25, 0.3) is 23.0 Å². The molecule has 38 heavy (non-hydrogen) atoms. The van der Waals surface area contributed by atoms with Crippen molar-refractivity contribution >= 4 is 38.9 Å². The number of amides is 1. The number of aromatic nitrogens is 2. The van der Waals surface area contributed by atoms with Gasteiger partial charge in [-0.2, -0.15) is 10.1 Å². The van der Waals surface area contributed by atoms with E-state index in [9.17, 15) is 13.2 Å². The van der Waals surface area contributed by atoms with Gasteiger partial charge in [-0.25, -0.2) is 17.4 Å². The van der Waals surface area contributed by atoms with E-state index in [1.165, 1.54) is 30.2 Å². The maximum absolute atomic E-state index is 12.9. The molecule has 0 saturated carbocycles. The van der Waals surface area contributed by atoms with Gasteiger partial charge >= 0.3 is 0 Å². The number of carbonyl (C=O) groups is 1. The number of aliphatic imine (C=N–C) groups is 1. The number of ether oxygens (including phenoxy) is 1. The van der Waals surface area contributed by atoms with Crippen LogP contribution in [0.1, 0.15) is 19.4 Å². The molecule has 2 aromatic carbocycles. The molecule has 0 N–H and O–H groups in total. The fraction of sp³-hybridized carbons (Fsp3) is 0.296. The molecule has 0 aliphatic carbocycles. The minimum Gasteiger partial charge on any atom is -0.372 e. The third kappa shape index (κ3) is 5.32. The first-order chi connectivity index (χ1) is 18.1. The van der Waals surface area contributed by atoms with Gasteiger partial charge in [0.25, 0.3) is 5.91 Å². The monoisotopic (exact) mass is 551 g/mol. The second kappa shape index (κ2) is 10.5. The van der Waals surface area contributed by atoms with E-state index in [0.29, 0.717) is 40.0 Å². The number of benzene rings is 2. The van der Waals surface area contributed by atoms with Crippen LogP contribution in [0.2, 0.25) is 0 Å². The lowest BCUT2D eigenvalue weighted by molar-refractivity contribution is -0.113. The Morgan fingerprint density at radius 1 is 1.05 bits per heavy atom. The highest BCUT2D eigenvalue weighted by molar-refractivity contribution is 8.18. The number of rotatable bonds is 5. The third-order valence-electron chi connectivity index (χ3n) is 6.24. The summed E-state index contributed by atoms with van der Waals surface area (Å²) >= 11 is 1.34. The normalized spacial score (nSPS) is 21.4. The number of morpholine rings is 1. The van der Waals surface area contributed by atoms with Crippen molar-refractivity contribution in [2.75, 3.05) is 27.2 Å². The fourth-order valence-corrected chi connectivity index (χ4v) is 6.32. The molecule has 1 saturated heterocycles. The molecule has 1 amide bonds. The van der Waals surface area contributed by atoms with Crippen LogP contribution < -0.4 is 0 Å². The molecule has 0 bridgehead atoms. The summed E-state index contributed by atoms with van der Waals surface area (Å²) in [5, 5.41) is 5.46. The van der Waals surface area contributed by atoms with Crippen LogP contribution >= 0.6 is 11.8 Å². The van der Waals surface area contributed by atoms with E-state index in [-0.39, 0.29) is 23.0 Å². The van der Waals surface area contributed by atoms with E-state index < -0.39 is 10.0 Å². The van der Waals surface area contributed by atoms with E-state index >= 15 is 0 Å². The molecular weight excluding hydrogens is 522 g/mol. The molecule has 198 valence electrons. The van der Waals surface area contributed by atoms with Crippen LogP contribution in [0.15, 0.2) is 75.6 Å². The van der Waals surface area contributed by atoms with Gasteiger partial charge in [-0.3, -0.25) is 4.79 Å². The smallest absolute Gasteiger partial charge is 0.286 e. The van der Waals surface area contributed by atoms with Gasteiger partial charge in [0, 0.05) is 44.5 Å². The van der Waals surface area contributed by atoms with Crippen LogP contribution in [0.3, 0.4) is 0 Å². The summed E-state index contributed by atoms with van der Waals surface area (Å²) in [6.07, 6.45) is 3.72. The molecule has 11 heteroatoms. The molecule has 9 nitrogen and oxygen atoms in total. The van der Waals surface area contributed by atoms with Gasteiger partial charge in [0.15, 0.2) is 5.17 Å². The number of carbonyl (C=O) groups excluding carboxylic acids is 1. The number of thioether (sulfide) groups is 1. The maximum Gasteiger partial charge on any atom is 0.286 e. The first-order valence-corrected chi connectivity index (χ1v) is 14.5. The largest absolute Gasteiger partial charge is 0.372 e. The zero-order chi connectivity index (χ0) is 27.0. The minimum atomic E-state index is -3.63. The number of amidine groups is 1. The van der Waals surface area contributed by atoms with Gasteiger partial charge in [0.2, 0.25) is 10.0 Å². The Hall–Kier alpha value is -3.25. The quantitative estimate of drug-likeness (QED) is 0.444. The standard InChI is InChI=1S/C27H29N5O4S2/c1-18-15-31(16-19(2)36-18)27-28-26(33)24(37-27)14-21-17-32(22-10-6-5-7-11-22)29-25(21)20-9-8-12-23(13-20)38(34,35)30(3)4/h5-14,17-19H,15-16H2,1-4H3/b24-14-/t18-,19+. The van der Waals surface area contributed by atoms with Crippen molar-refractivity contribution in [1.82, 2.24) is 19.0 Å². The van der Waals surface area contributed by atoms with Gasteiger partial charge in [-0.1, -0.05) is 30.3 Å². The first-order valence-electron chi connectivity index (χ1n) is 12.2. The molecular formula is C27H29N5O4S2. The number of sulfonamides is 1. The van der Waals surface area contributed by atoms with Gasteiger partial charge in [-0.15, -0.1) is 0 Å². The number of hydrogen-bond acceptors (Lipinski definition) is 7. The summed E-state index contributed by atoms with van der Waals surface area (Å²) in [7, 11) is -0.638. The van der Waals surface area contributed by atoms with Crippen molar-refractivity contribution in [2.45, 2.75) is 31.0 Å². The predicted octanol–water partition coefficient (Wildman–Crippen LogP) is 3.87. The van der Waals surface area contributed by atoms with E-state index in [2.05, 4.69) is 9.89 Å². The van der Waals surface area contributed by atoms with Gasteiger partial charge < -0.3 is 9.64 Å². The Balaban J connectivity index is 1.54. The maximum atomic E-state index is 12.9. The van der Waals surface area contributed by atoms with E-state index in [1.54, 1.807) is 29.0 Å². The van der Waals surface area contributed by atoms with E-state index in [4.69, 9.17) is 9.84 Å². The van der Waals surface area contributed by atoms with Crippen molar-refractivity contribution in [3.8, 4) is 16.9 Å². The lowest BCUT2D eigenvalue weighted by Crippen LogP contribution is -2.47. The molecule has 1 aromatic heterocycles. The highest BCUT2D eigenvalue weighted by Crippen LogP contribution is 2.34. The van der Waals surface area contributed by atoms with Crippen molar-refractivity contribution in [1.29, 1.82) is 0 Å². The van der Waals surface area contributed by atoms with E-state index in [0.717, 1.165) is 5.69 Å². The summed E-state index contributed by atoms with van der Waals surface area (Å²) < 4.78 is 34.3. The second-order valence-corrected chi connectivity index (χ2v) is 12.7. The first kappa shape index (κ1) is 26.4. The third-order valence-corrected chi connectivity index (χ3v) is 9.09. The summed E-state index contributed by atoms with van der Waals surface area (Å²) in [4.78, 5) is 20.0. The number of nitrogens with zero attached hydrogens (tertiary/aromatic N) is 5. The zero-order valence-corrected chi connectivity index (χ0v) is 23.2. The Kier molecular flexibility index (Phi) is 7.28. The molecule has 2 aliphatic heterocycles. The zero-order valence-electron chi connectivity index (χ0n) is 21.6. The molecule has 2 aliphatic rings. The van der Waals surface area contributed by atoms with Crippen LogP contribution in [0, 0.1) is 0 Å². The lowest BCUT2D eigenvalue weighted by atomic mass is 10.1. The summed E-state index contributed by atoms with van der Waals surface area (Å²) in [6.45, 7) is 5.36. The topological polar surface area (TPSA) is 97.1 Å². The number of hydrogen-bond donors (Lipinski definition) is 0. The lowest BCUT2D eigenvalue weighted by Gasteiger charge is -2.35. The highest BCUT2D eigenvalue weighted by atomic mass is 32.2. The Bertz CT molecular complexity index is 1520. The Labute approximate surface area is 226 Å². The van der Waals surface area contributed by atoms with E-state index in [1.807, 2.05) is 56.4 Å². The van der Waals surface area contributed by atoms with Gasteiger partial charge in [-0.05, 0) is 56.0 Å². The number of para-hydroxylation sites is 1. The van der Waals surface area contributed by atoms with Crippen molar-refractivity contribution in [3.63, 3.8) is 0 Å². The second-order valence-electron chi connectivity index (χ2n) is 9.50. The highest BCUT2D eigenvalue weighted by Gasteiger charge is 2.31. The van der Waals surface area contributed by atoms with Gasteiger partial charge in [0.1, 0.15) is 5.69 Å².